The standard InChI is InChI=1S/2C18H35NO3/c1-5-6-7-8-9-10-11-12-13-14-17(20)19(4)15-18(21)22-16(2)3;1-4-5-6-7-8-9-10-11-12-13-17(20)19(14-16(2)3)15-18(21)22/h16H,5-15H2,1-4H3;16H,4-15H2,1-3H3,(H,21,22). The summed E-state index contributed by atoms with van der Waals surface area (Å²) in [7, 11) is 1.66. The molecule has 1 N–H and O–H groups in total. The van der Waals surface area contributed by atoms with Crippen LogP contribution in [0, 0.1) is 5.92 Å². The molecule has 0 unspecified atom stereocenters. The summed E-state index contributed by atoms with van der Waals surface area (Å²) >= 11 is 0. The highest BCUT2D eigenvalue weighted by molar-refractivity contribution is 5.82. The molecule has 0 atom stereocenters. The predicted molar refractivity (Wildman–Crippen MR) is 182 cm³/mol. The Hall–Kier alpha value is -2.12. The molecule has 0 bridgehead atoms. The summed E-state index contributed by atoms with van der Waals surface area (Å²) in [4.78, 5) is 49.2. The van der Waals surface area contributed by atoms with E-state index in [4.69, 9.17) is 9.84 Å². The minimum absolute atomic E-state index is 0.0148. The zero-order chi connectivity index (χ0) is 33.6. The number of nitrogens with zero attached hydrogens (tertiary/aromatic N) is 2. The predicted octanol–water partition coefficient (Wildman–Crippen LogP) is 8.79. The number of carboxylic acid groups (broad SMARTS) is 1. The van der Waals surface area contributed by atoms with Crippen molar-refractivity contribution >= 4 is 23.8 Å². The fraction of sp³-hybridized carbons (Fsp3) is 0.889. The molecule has 0 saturated carbocycles. The topological polar surface area (TPSA) is 104 Å². The molecule has 0 radical (unpaired) electrons. The van der Waals surface area contributed by atoms with Crippen molar-refractivity contribution in [3.05, 3.63) is 0 Å². The van der Waals surface area contributed by atoms with Crippen LogP contribution in [0.1, 0.15) is 170 Å². The number of esters is 1. The number of carbonyl (C=O) groups is 4. The van der Waals surface area contributed by atoms with Gasteiger partial charge in [-0.3, -0.25) is 19.2 Å². The first-order valence-corrected chi connectivity index (χ1v) is 17.9. The number of carbonyl (C=O) groups excluding carboxylic acids is 3. The number of rotatable bonds is 27. The van der Waals surface area contributed by atoms with E-state index in [0.717, 1.165) is 25.7 Å². The molecule has 0 aliphatic heterocycles. The van der Waals surface area contributed by atoms with Gasteiger partial charge < -0.3 is 19.6 Å². The van der Waals surface area contributed by atoms with E-state index in [-0.39, 0.29) is 37.0 Å². The Balaban J connectivity index is 0. The van der Waals surface area contributed by atoms with Crippen LogP contribution in [0.5, 0.6) is 0 Å². The van der Waals surface area contributed by atoms with Gasteiger partial charge in [0.15, 0.2) is 0 Å². The van der Waals surface area contributed by atoms with E-state index in [1.165, 1.54) is 99.7 Å². The van der Waals surface area contributed by atoms with Crippen LogP contribution in [-0.2, 0) is 23.9 Å². The third kappa shape index (κ3) is 31.3. The van der Waals surface area contributed by atoms with E-state index in [0.29, 0.717) is 25.3 Å². The molecule has 0 rings (SSSR count). The second kappa shape index (κ2) is 30.9. The Kier molecular flexibility index (Phi) is 30.9. The number of hydrogen-bond donors (Lipinski definition) is 1. The first-order chi connectivity index (χ1) is 20.9. The molecule has 0 fully saturated rings. The van der Waals surface area contributed by atoms with Gasteiger partial charge in [0.2, 0.25) is 11.8 Å². The minimum Gasteiger partial charge on any atom is -0.480 e. The van der Waals surface area contributed by atoms with Crippen molar-refractivity contribution < 1.29 is 29.0 Å². The van der Waals surface area contributed by atoms with Gasteiger partial charge in [-0.1, -0.05) is 130 Å². The van der Waals surface area contributed by atoms with Crippen LogP contribution in [0.15, 0.2) is 0 Å². The maximum absolute atomic E-state index is 12.1. The van der Waals surface area contributed by atoms with Gasteiger partial charge in [-0.25, -0.2) is 0 Å². The fourth-order valence-electron chi connectivity index (χ4n) is 4.96. The third-order valence-electron chi connectivity index (χ3n) is 7.41. The lowest BCUT2D eigenvalue weighted by Crippen LogP contribution is -2.38. The Bertz CT molecular complexity index is 725. The minimum atomic E-state index is -0.930. The van der Waals surface area contributed by atoms with Crippen LogP contribution in [0.4, 0.5) is 0 Å². The zero-order valence-electron chi connectivity index (χ0n) is 29.8. The van der Waals surface area contributed by atoms with Crippen LogP contribution < -0.4 is 0 Å². The van der Waals surface area contributed by atoms with Crippen molar-refractivity contribution in [1.82, 2.24) is 9.80 Å². The van der Waals surface area contributed by atoms with Gasteiger partial charge in [-0.15, -0.1) is 0 Å². The molecule has 44 heavy (non-hydrogen) atoms. The highest BCUT2D eigenvalue weighted by Crippen LogP contribution is 2.13. The Labute approximate surface area is 271 Å². The van der Waals surface area contributed by atoms with Gasteiger partial charge in [0, 0.05) is 26.4 Å². The second-order valence-electron chi connectivity index (χ2n) is 13.0. The van der Waals surface area contributed by atoms with Gasteiger partial charge in [-0.2, -0.15) is 0 Å². The highest BCUT2D eigenvalue weighted by Gasteiger charge is 2.17. The SMILES string of the molecule is CCCCCCCCCCCC(=O)N(C)CC(=O)OC(C)C.CCCCCCCCCCCC(=O)N(CC(=O)O)CC(C)C. The largest absolute Gasteiger partial charge is 0.480 e. The normalized spacial score (nSPS) is 10.8. The first kappa shape index (κ1) is 44.0. The lowest BCUT2D eigenvalue weighted by atomic mass is 10.1. The number of ether oxygens (including phenoxy) is 1. The van der Waals surface area contributed by atoms with E-state index < -0.39 is 5.97 Å². The number of hydrogen-bond acceptors (Lipinski definition) is 5. The molecule has 0 aliphatic rings. The van der Waals surface area contributed by atoms with E-state index in [1.54, 1.807) is 7.05 Å². The summed E-state index contributed by atoms with van der Waals surface area (Å²) in [5.74, 6) is -0.951. The van der Waals surface area contributed by atoms with Crippen molar-refractivity contribution in [3.8, 4) is 0 Å². The molecule has 0 heterocycles. The maximum atomic E-state index is 12.1. The number of likely N-dealkylation sites (N-methyl/N-ethyl adjacent to an activating group) is 1. The molecule has 8 nitrogen and oxygen atoms in total. The van der Waals surface area contributed by atoms with Crippen molar-refractivity contribution in [2.75, 3.05) is 26.7 Å². The van der Waals surface area contributed by atoms with Crippen molar-refractivity contribution in [1.29, 1.82) is 0 Å². The lowest BCUT2D eigenvalue weighted by molar-refractivity contribution is -0.151. The van der Waals surface area contributed by atoms with Crippen LogP contribution in [-0.4, -0.2) is 71.4 Å². The average Bonchev–Trinajstić information content (AvgIpc) is 2.94. The lowest BCUT2D eigenvalue weighted by Gasteiger charge is -2.22. The monoisotopic (exact) mass is 627 g/mol. The Morgan fingerprint density at radius 3 is 1.34 bits per heavy atom. The molecule has 0 aromatic rings. The third-order valence-corrected chi connectivity index (χ3v) is 7.41. The van der Waals surface area contributed by atoms with E-state index >= 15 is 0 Å². The zero-order valence-corrected chi connectivity index (χ0v) is 29.8. The molecule has 0 spiro atoms. The average molecular weight is 627 g/mol. The first-order valence-electron chi connectivity index (χ1n) is 17.9. The molecule has 0 aliphatic carbocycles. The van der Waals surface area contributed by atoms with Crippen molar-refractivity contribution in [2.45, 2.75) is 176 Å². The van der Waals surface area contributed by atoms with E-state index in [1.807, 2.05) is 27.7 Å². The summed E-state index contributed by atoms with van der Waals surface area (Å²) < 4.78 is 5.04. The van der Waals surface area contributed by atoms with Crippen LogP contribution in [0.2, 0.25) is 0 Å². The molecule has 260 valence electrons. The highest BCUT2D eigenvalue weighted by atomic mass is 16.5. The fourth-order valence-corrected chi connectivity index (χ4v) is 4.96. The summed E-state index contributed by atoms with van der Waals surface area (Å²) in [6, 6.07) is 0. The van der Waals surface area contributed by atoms with Crippen LogP contribution in [0.3, 0.4) is 0 Å². The summed E-state index contributed by atoms with van der Waals surface area (Å²) in [5.41, 5.74) is 0. The molecule has 2 amide bonds. The van der Waals surface area contributed by atoms with Gasteiger partial charge >= 0.3 is 11.9 Å². The summed E-state index contributed by atoms with van der Waals surface area (Å²) in [6.45, 7) is 12.5. The van der Waals surface area contributed by atoms with Gasteiger partial charge in [-0.05, 0) is 32.6 Å². The number of unbranched alkanes of at least 4 members (excludes halogenated alkanes) is 16. The van der Waals surface area contributed by atoms with Crippen molar-refractivity contribution in [3.63, 3.8) is 0 Å². The molecular formula is C36H70N2O6. The van der Waals surface area contributed by atoms with Crippen molar-refractivity contribution in [2.24, 2.45) is 5.92 Å². The van der Waals surface area contributed by atoms with E-state index in [9.17, 15) is 19.2 Å². The van der Waals surface area contributed by atoms with Gasteiger partial charge in [0.25, 0.3) is 0 Å². The number of aliphatic carboxylic acids is 1. The molecule has 8 heteroatoms. The number of carboxylic acids is 1. The maximum Gasteiger partial charge on any atom is 0.325 e. The van der Waals surface area contributed by atoms with E-state index in [2.05, 4.69) is 13.8 Å². The Morgan fingerprint density at radius 1 is 0.591 bits per heavy atom. The summed E-state index contributed by atoms with van der Waals surface area (Å²) in [6.07, 6.45) is 23.0. The summed E-state index contributed by atoms with van der Waals surface area (Å²) in [5, 5.41) is 8.88. The van der Waals surface area contributed by atoms with Gasteiger partial charge in [0.05, 0.1) is 6.10 Å². The molecule has 0 aromatic heterocycles. The van der Waals surface area contributed by atoms with Gasteiger partial charge in [0.1, 0.15) is 13.1 Å². The molecular weight excluding hydrogens is 556 g/mol. The smallest absolute Gasteiger partial charge is 0.325 e. The Morgan fingerprint density at radius 2 is 0.977 bits per heavy atom. The quantitative estimate of drug-likeness (QED) is 0.0722. The number of amides is 2. The molecule has 0 aromatic carbocycles. The second-order valence-corrected chi connectivity index (χ2v) is 13.0. The van der Waals surface area contributed by atoms with Crippen LogP contribution in [0.25, 0.3) is 0 Å². The molecule has 0 saturated heterocycles. The van der Waals surface area contributed by atoms with Crippen LogP contribution >= 0.6 is 0 Å².